The van der Waals surface area contributed by atoms with Crippen LogP contribution in [-0.2, 0) is 0 Å². The van der Waals surface area contributed by atoms with E-state index < -0.39 is 0 Å². The molecule has 0 unspecified atom stereocenters. The summed E-state index contributed by atoms with van der Waals surface area (Å²) in [5.74, 6) is 0.0373. The van der Waals surface area contributed by atoms with Crippen LogP contribution in [0.25, 0.3) is 5.65 Å². The molecule has 0 atom stereocenters. The molecule has 22 heavy (non-hydrogen) atoms. The van der Waals surface area contributed by atoms with Crippen LogP contribution in [0.3, 0.4) is 0 Å². The molecule has 3 aromatic rings. The van der Waals surface area contributed by atoms with Gasteiger partial charge in [-0.2, -0.15) is 5.10 Å². The summed E-state index contributed by atoms with van der Waals surface area (Å²) >= 11 is 0. The van der Waals surface area contributed by atoms with Gasteiger partial charge in [0.2, 0.25) is 0 Å². The monoisotopic (exact) mass is 294 g/mol. The molecule has 0 aliphatic rings. The maximum atomic E-state index is 12.5. The second kappa shape index (κ2) is 5.60. The zero-order chi connectivity index (χ0) is 15.7. The van der Waals surface area contributed by atoms with E-state index in [1.54, 1.807) is 22.8 Å². The molecule has 0 radical (unpaired) electrons. The van der Waals surface area contributed by atoms with Crippen molar-refractivity contribution in [1.82, 2.24) is 14.6 Å². The van der Waals surface area contributed by atoms with Crippen LogP contribution < -0.4 is 5.32 Å². The molecule has 0 aliphatic carbocycles. The summed E-state index contributed by atoms with van der Waals surface area (Å²) < 4.78 is 1.77. The van der Waals surface area contributed by atoms with Gasteiger partial charge in [0.05, 0.1) is 6.20 Å². The van der Waals surface area contributed by atoms with Gasteiger partial charge in [0.25, 0.3) is 5.91 Å². The quantitative estimate of drug-likeness (QED) is 0.805. The van der Waals surface area contributed by atoms with Crippen LogP contribution in [0.15, 0.2) is 42.6 Å². The van der Waals surface area contributed by atoms with Gasteiger partial charge in [-0.25, -0.2) is 9.50 Å². The Morgan fingerprint density at radius 1 is 1.23 bits per heavy atom. The summed E-state index contributed by atoms with van der Waals surface area (Å²) in [5, 5.41) is 7.18. The highest BCUT2D eigenvalue weighted by atomic mass is 16.1. The fourth-order valence-electron chi connectivity index (χ4n) is 2.36. The number of anilines is 1. The maximum absolute atomic E-state index is 12.5. The lowest BCUT2D eigenvalue weighted by atomic mass is 10.1. The van der Waals surface area contributed by atoms with Gasteiger partial charge in [0.15, 0.2) is 5.65 Å². The largest absolute Gasteiger partial charge is 0.320 e. The van der Waals surface area contributed by atoms with Crippen LogP contribution >= 0.6 is 0 Å². The Labute approximate surface area is 129 Å². The Balaban J connectivity index is 1.99. The standard InChI is InChI=1S/C17H18N4O/c1-11(2)15-10-14(19-16-8-9-18-21(15)16)17(22)20-13-7-5-4-6-12(13)3/h4-11H,1-3H3,(H,20,22). The van der Waals surface area contributed by atoms with Crippen molar-refractivity contribution in [1.29, 1.82) is 0 Å². The third-order valence-corrected chi connectivity index (χ3v) is 3.60. The number of aromatic nitrogens is 3. The zero-order valence-corrected chi connectivity index (χ0v) is 12.9. The number of fused-ring (bicyclic) bond motifs is 1. The topological polar surface area (TPSA) is 59.3 Å². The SMILES string of the molecule is Cc1ccccc1NC(=O)c1cc(C(C)C)n2nccc2n1. The Kier molecular flexibility index (Phi) is 3.63. The van der Waals surface area contributed by atoms with Crippen molar-refractivity contribution >= 4 is 17.2 Å². The minimum Gasteiger partial charge on any atom is -0.320 e. The van der Waals surface area contributed by atoms with Gasteiger partial charge in [0, 0.05) is 17.4 Å². The number of carbonyl (C=O) groups is 1. The second-order valence-corrected chi connectivity index (χ2v) is 5.59. The summed E-state index contributed by atoms with van der Waals surface area (Å²) in [4.78, 5) is 16.9. The number of amides is 1. The molecule has 0 bridgehead atoms. The molecular weight excluding hydrogens is 276 g/mol. The summed E-state index contributed by atoms with van der Waals surface area (Å²) in [6.45, 7) is 6.10. The average molecular weight is 294 g/mol. The Morgan fingerprint density at radius 2 is 2.00 bits per heavy atom. The van der Waals surface area contributed by atoms with E-state index in [0.29, 0.717) is 11.3 Å². The van der Waals surface area contributed by atoms with Crippen LogP contribution in [0.5, 0.6) is 0 Å². The maximum Gasteiger partial charge on any atom is 0.274 e. The van der Waals surface area contributed by atoms with Gasteiger partial charge in [-0.15, -0.1) is 0 Å². The lowest BCUT2D eigenvalue weighted by Crippen LogP contribution is -2.16. The van der Waals surface area contributed by atoms with Gasteiger partial charge in [-0.05, 0) is 30.5 Å². The Bertz CT molecular complexity index is 836. The number of rotatable bonds is 3. The van der Waals surface area contributed by atoms with Crippen molar-refractivity contribution in [2.45, 2.75) is 26.7 Å². The van der Waals surface area contributed by atoms with E-state index in [1.807, 2.05) is 31.2 Å². The van der Waals surface area contributed by atoms with Crippen LogP contribution in [0.4, 0.5) is 5.69 Å². The molecule has 5 heteroatoms. The van der Waals surface area contributed by atoms with Crippen molar-refractivity contribution in [3.8, 4) is 0 Å². The summed E-state index contributed by atoms with van der Waals surface area (Å²) in [6, 6.07) is 11.3. The molecule has 1 N–H and O–H groups in total. The molecule has 0 saturated heterocycles. The van der Waals surface area contributed by atoms with Gasteiger partial charge < -0.3 is 5.32 Å². The number of hydrogen-bond acceptors (Lipinski definition) is 3. The van der Waals surface area contributed by atoms with E-state index in [1.165, 1.54) is 0 Å². The minimum absolute atomic E-state index is 0.208. The van der Waals surface area contributed by atoms with E-state index in [0.717, 1.165) is 16.9 Å². The molecule has 2 aromatic heterocycles. The van der Waals surface area contributed by atoms with E-state index >= 15 is 0 Å². The molecule has 0 saturated carbocycles. The summed E-state index contributed by atoms with van der Waals surface area (Å²) in [5.41, 5.74) is 3.87. The fourth-order valence-corrected chi connectivity index (χ4v) is 2.36. The Morgan fingerprint density at radius 3 is 2.73 bits per heavy atom. The molecule has 3 rings (SSSR count). The van der Waals surface area contributed by atoms with Gasteiger partial charge in [-0.1, -0.05) is 32.0 Å². The molecule has 1 aromatic carbocycles. The van der Waals surface area contributed by atoms with Gasteiger partial charge >= 0.3 is 0 Å². The first-order valence-electron chi connectivity index (χ1n) is 7.28. The first-order valence-corrected chi connectivity index (χ1v) is 7.28. The van der Waals surface area contributed by atoms with Crippen LogP contribution in [0.2, 0.25) is 0 Å². The highest BCUT2D eigenvalue weighted by molar-refractivity contribution is 6.03. The number of aryl methyl sites for hydroxylation is 1. The molecule has 0 spiro atoms. The molecular formula is C17H18N4O. The van der Waals surface area contributed by atoms with Crippen molar-refractivity contribution in [3.63, 3.8) is 0 Å². The van der Waals surface area contributed by atoms with E-state index in [-0.39, 0.29) is 11.8 Å². The van der Waals surface area contributed by atoms with Crippen molar-refractivity contribution in [3.05, 3.63) is 59.5 Å². The molecule has 0 fully saturated rings. The number of para-hydroxylation sites is 1. The van der Waals surface area contributed by atoms with E-state index in [9.17, 15) is 4.79 Å². The predicted molar refractivity (Wildman–Crippen MR) is 86.2 cm³/mol. The molecule has 1 amide bonds. The summed E-state index contributed by atoms with van der Waals surface area (Å²) in [6.07, 6.45) is 1.69. The van der Waals surface area contributed by atoms with Crippen molar-refractivity contribution < 1.29 is 4.79 Å². The van der Waals surface area contributed by atoms with E-state index in [2.05, 4.69) is 29.2 Å². The lowest BCUT2D eigenvalue weighted by Gasteiger charge is -2.11. The number of nitrogens with zero attached hydrogens (tertiary/aromatic N) is 3. The number of hydrogen-bond donors (Lipinski definition) is 1. The fraction of sp³-hybridized carbons (Fsp3) is 0.235. The molecule has 2 heterocycles. The highest BCUT2D eigenvalue weighted by Crippen LogP contribution is 2.18. The third kappa shape index (κ3) is 2.57. The minimum atomic E-state index is -0.208. The predicted octanol–water partition coefficient (Wildman–Crippen LogP) is 3.41. The normalized spacial score (nSPS) is 11.1. The van der Waals surface area contributed by atoms with Crippen molar-refractivity contribution in [2.75, 3.05) is 5.32 Å². The molecule has 0 aliphatic heterocycles. The average Bonchev–Trinajstić information content (AvgIpc) is 2.96. The summed E-state index contributed by atoms with van der Waals surface area (Å²) in [7, 11) is 0. The van der Waals surface area contributed by atoms with Gasteiger partial charge in [-0.3, -0.25) is 4.79 Å². The van der Waals surface area contributed by atoms with Crippen LogP contribution in [-0.4, -0.2) is 20.5 Å². The zero-order valence-electron chi connectivity index (χ0n) is 12.9. The van der Waals surface area contributed by atoms with Gasteiger partial charge in [0.1, 0.15) is 5.69 Å². The smallest absolute Gasteiger partial charge is 0.274 e. The third-order valence-electron chi connectivity index (χ3n) is 3.60. The number of benzene rings is 1. The van der Waals surface area contributed by atoms with E-state index in [4.69, 9.17) is 0 Å². The first-order chi connectivity index (χ1) is 10.6. The van der Waals surface area contributed by atoms with Crippen molar-refractivity contribution in [2.24, 2.45) is 0 Å². The molecule has 112 valence electrons. The highest BCUT2D eigenvalue weighted by Gasteiger charge is 2.15. The lowest BCUT2D eigenvalue weighted by molar-refractivity contribution is 0.102. The second-order valence-electron chi connectivity index (χ2n) is 5.59. The number of nitrogens with one attached hydrogen (secondary N) is 1. The first kappa shape index (κ1) is 14.3. The number of carbonyl (C=O) groups excluding carboxylic acids is 1. The van der Waals surface area contributed by atoms with Crippen LogP contribution in [0, 0.1) is 6.92 Å². The Hall–Kier alpha value is -2.69. The molecule has 5 nitrogen and oxygen atoms in total. The van der Waals surface area contributed by atoms with Crippen LogP contribution in [0.1, 0.15) is 41.5 Å².